The lowest BCUT2D eigenvalue weighted by Crippen LogP contribution is -2.35. The van der Waals surface area contributed by atoms with Gasteiger partial charge in [-0.05, 0) is 73.0 Å². The normalized spacial score (nSPS) is 17.3. The predicted molar refractivity (Wildman–Crippen MR) is 129 cm³/mol. The fourth-order valence-corrected chi connectivity index (χ4v) is 5.48. The van der Waals surface area contributed by atoms with Crippen LogP contribution in [0, 0.1) is 19.3 Å². The molecule has 1 N–H and O–H groups in total. The van der Waals surface area contributed by atoms with Crippen molar-refractivity contribution in [2.45, 2.75) is 20.0 Å². The highest BCUT2D eigenvalue weighted by Crippen LogP contribution is 2.34. The van der Waals surface area contributed by atoms with Crippen LogP contribution >= 0.6 is 23.1 Å². The lowest BCUT2D eigenvalue weighted by molar-refractivity contribution is -0.137. The van der Waals surface area contributed by atoms with Gasteiger partial charge in [0.25, 0.3) is 5.91 Å². The summed E-state index contributed by atoms with van der Waals surface area (Å²) >= 11 is 2.73. The number of hydrogen-bond acceptors (Lipinski definition) is 5. The zero-order valence-corrected chi connectivity index (χ0v) is 19.5. The Bertz CT molecular complexity index is 1430. The van der Waals surface area contributed by atoms with E-state index < -0.39 is 17.6 Å². The number of halogens is 3. The van der Waals surface area contributed by atoms with Crippen molar-refractivity contribution in [1.82, 2.24) is 9.58 Å². The number of thioether (sulfide) groups is 1. The highest BCUT2D eigenvalue weighted by Gasteiger charge is 2.36. The monoisotopic (exact) mass is 499 g/mol. The van der Waals surface area contributed by atoms with Crippen molar-refractivity contribution in [2.75, 3.05) is 0 Å². The largest absolute Gasteiger partial charge is 0.416 e. The lowest BCUT2D eigenvalue weighted by Gasteiger charge is -2.20. The van der Waals surface area contributed by atoms with Crippen molar-refractivity contribution in [2.24, 2.45) is 10.1 Å². The number of fused-ring (bicyclic) bond motifs is 1. The van der Waals surface area contributed by atoms with E-state index in [0.717, 1.165) is 17.0 Å². The zero-order chi connectivity index (χ0) is 24.2. The Hall–Kier alpha value is -3.44. The molecule has 0 bridgehead atoms. The molecule has 0 saturated carbocycles. The highest BCUT2D eigenvalue weighted by molar-refractivity contribution is 8.27. The standard InChI is InChI=1S/C23H16F3N5OS2/c1-12-9-14(13(2)30(12)16-6-3-5-15(11-16)23(24,25)26)10-17-19(27)31-22(28-20(17)32)34-21(29-31)18-7-4-8-33-18/h3-11,27H,1-2H3. The molecule has 0 atom stereocenters. The molecule has 2 aliphatic heterocycles. The second kappa shape index (κ2) is 8.10. The summed E-state index contributed by atoms with van der Waals surface area (Å²) in [5, 5.41) is 17.3. The first-order valence-electron chi connectivity index (χ1n) is 10.0. The molecule has 11 heteroatoms. The van der Waals surface area contributed by atoms with Gasteiger partial charge in [-0.1, -0.05) is 12.1 Å². The first-order chi connectivity index (χ1) is 16.1. The van der Waals surface area contributed by atoms with Gasteiger partial charge in [-0.3, -0.25) is 10.2 Å². The number of carbonyl (C=O) groups excluding carboxylic acids is 1. The first kappa shape index (κ1) is 22.4. The second-order valence-corrected chi connectivity index (χ2v) is 9.52. The Morgan fingerprint density at radius 3 is 2.62 bits per heavy atom. The number of hydrogen-bond donors (Lipinski definition) is 1. The molecule has 0 radical (unpaired) electrons. The van der Waals surface area contributed by atoms with E-state index in [4.69, 9.17) is 5.41 Å². The Kier molecular flexibility index (Phi) is 5.33. The molecule has 0 spiro atoms. The number of amidine groups is 2. The fraction of sp³-hybridized carbons (Fsp3) is 0.130. The number of aliphatic imine (C=N–C) groups is 1. The molecule has 1 aromatic carbocycles. The third-order valence-corrected chi connectivity index (χ3v) is 7.34. The first-order valence-corrected chi connectivity index (χ1v) is 11.7. The SMILES string of the molecule is Cc1cc(C=C2C(=N)N3N=C(c4cccs4)SC3=NC2=O)c(C)n1-c1cccc(C(F)(F)F)c1. The molecule has 34 heavy (non-hydrogen) atoms. The van der Waals surface area contributed by atoms with Crippen LogP contribution in [0.2, 0.25) is 0 Å². The minimum atomic E-state index is -4.45. The number of nitrogens with one attached hydrogen (secondary N) is 1. The molecule has 3 aromatic rings. The smallest absolute Gasteiger partial charge is 0.318 e. The maximum Gasteiger partial charge on any atom is 0.416 e. The molecule has 1 amide bonds. The van der Waals surface area contributed by atoms with Crippen molar-refractivity contribution in [1.29, 1.82) is 5.41 Å². The van der Waals surface area contributed by atoms with Gasteiger partial charge in [-0.2, -0.15) is 28.3 Å². The topological polar surface area (TPSA) is 73.8 Å². The predicted octanol–water partition coefficient (Wildman–Crippen LogP) is 5.84. The Labute approximate surface area is 200 Å². The highest BCUT2D eigenvalue weighted by atomic mass is 32.2. The van der Waals surface area contributed by atoms with E-state index in [2.05, 4.69) is 10.1 Å². The van der Waals surface area contributed by atoms with Crippen LogP contribution in [-0.4, -0.2) is 31.5 Å². The molecule has 172 valence electrons. The Morgan fingerprint density at radius 1 is 1.12 bits per heavy atom. The molecule has 5 rings (SSSR count). The minimum absolute atomic E-state index is 0.0600. The molecule has 0 aliphatic carbocycles. The number of alkyl halides is 3. The quantitative estimate of drug-likeness (QED) is 0.460. The molecule has 0 saturated heterocycles. The van der Waals surface area contributed by atoms with Crippen molar-refractivity contribution >= 4 is 51.1 Å². The van der Waals surface area contributed by atoms with Gasteiger partial charge in [-0.15, -0.1) is 11.3 Å². The van der Waals surface area contributed by atoms with E-state index in [1.807, 2.05) is 17.5 Å². The summed E-state index contributed by atoms with van der Waals surface area (Å²) in [6.07, 6.45) is -2.91. The Morgan fingerprint density at radius 2 is 1.91 bits per heavy atom. The van der Waals surface area contributed by atoms with E-state index >= 15 is 0 Å². The van der Waals surface area contributed by atoms with Gasteiger partial charge in [0, 0.05) is 17.1 Å². The summed E-state index contributed by atoms with van der Waals surface area (Å²) in [6.45, 7) is 3.53. The van der Waals surface area contributed by atoms with Crippen LogP contribution in [0.25, 0.3) is 11.8 Å². The van der Waals surface area contributed by atoms with Crippen LogP contribution in [0.3, 0.4) is 0 Å². The van der Waals surface area contributed by atoms with E-state index in [1.54, 1.807) is 36.6 Å². The van der Waals surface area contributed by atoms with Crippen molar-refractivity contribution in [3.8, 4) is 5.69 Å². The van der Waals surface area contributed by atoms with Crippen LogP contribution in [0.4, 0.5) is 13.2 Å². The van der Waals surface area contributed by atoms with Crippen molar-refractivity contribution < 1.29 is 18.0 Å². The van der Waals surface area contributed by atoms with Crippen molar-refractivity contribution in [3.05, 3.63) is 80.8 Å². The molecular formula is C23H16F3N5OS2. The Balaban J connectivity index is 1.52. The number of carbonyl (C=O) groups is 1. The third kappa shape index (κ3) is 3.80. The second-order valence-electron chi connectivity index (χ2n) is 7.61. The molecule has 2 aromatic heterocycles. The van der Waals surface area contributed by atoms with Gasteiger partial charge in [0.05, 0.1) is 16.0 Å². The average molecular weight is 500 g/mol. The molecule has 0 unspecified atom stereocenters. The summed E-state index contributed by atoms with van der Waals surface area (Å²) in [4.78, 5) is 17.8. The summed E-state index contributed by atoms with van der Waals surface area (Å²) in [5.74, 6) is -0.659. The molecule has 6 nitrogen and oxygen atoms in total. The average Bonchev–Trinajstić information content (AvgIpc) is 3.50. The summed E-state index contributed by atoms with van der Waals surface area (Å²) in [6, 6.07) is 10.6. The van der Waals surface area contributed by atoms with Crippen LogP contribution in [0.5, 0.6) is 0 Å². The van der Waals surface area contributed by atoms with Crippen LogP contribution in [0.1, 0.15) is 27.4 Å². The number of aryl methyl sites for hydroxylation is 1. The number of aromatic nitrogens is 1. The zero-order valence-electron chi connectivity index (χ0n) is 17.8. The lowest BCUT2D eigenvalue weighted by atomic mass is 10.1. The van der Waals surface area contributed by atoms with Gasteiger partial charge >= 0.3 is 6.18 Å². The van der Waals surface area contributed by atoms with E-state index in [-0.39, 0.29) is 11.4 Å². The van der Waals surface area contributed by atoms with Gasteiger partial charge in [0.15, 0.2) is 5.84 Å². The van der Waals surface area contributed by atoms with Crippen LogP contribution in [0.15, 0.2) is 63.5 Å². The van der Waals surface area contributed by atoms with E-state index in [9.17, 15) is 18.0 Å². The number of hydrazone groups is 1. The maximum atomic E-state index is 13.2. The summed E-state index contributed by atoms with van der Waals surface area (Å²) in [5.41, 5.74) is 1.62. The number of benzene rings is 1. The van der Waals surface area contributed by atoms with Gasteiger partial charge in [-0.25, -0.2) is 0 Å². The molecular weight excluding hydrogens is 483 g/mol. The summed E-state index contributed by atoms with van der Waals surface area (Å²) < 4.78 is 41.3. The number of amides is 1. The molecule has 2 aliphatic rings. The van der Waals surface area contributed by atoms with Crippen molar-refractivity contribution in [3.63, 3.8) is 0 Å². The van der Waals surface area contributed by atoms with Crippen LogP contribution in [-0.2, 0) is 11.0 Å². The number of nitrogens with zero attached hydrogens (tertiary/aromatic N) is 4. The molecule has 0 fully saturated rings. The minimum Gasteiger partial charge on any atom is -0.318 e. The van der Waals surface area contributed by atoms with Crippen LogP contribution < -0.4 is 0 Å². The van der Waals surface area contributed by atoms with E-state index in [0.29, 0.717) is 32.9 Å². The number of rotatable bonds is 3. The van der Waals surface area contributed by atoms with Gasteiger partial charge in [0.1, 0.15) is 5.04 Å². The number of thiophene rings is 1. The maximum absolute atomic E-state index is 13.2. The van der Waals surface area contributed by atoms with Gasteiger partial charge < -0.3 is 4.57 Å². The molecule has 4 heterocycles. The van der Waals surface area contributed by atoms with Gasteiger partial charge in [0.2, 0.25) is 5.17 Å². The van der Waals surface area contributed by atoms with E-state index in [1.165, 1.54) is 34.2 Å². The summed E-state index contributed by atoms with van der Waals surface area (Å²) in [7, 11) is 0. The third-order valence-electron chi connectivity index (χ3n) is 5.39. The fourth-order valence-electron chi connectivity index (χ4n) is 3.80.